The lowest BCUT2D eigenvalue weighted by atomic mass is 9.94. The fourth-order valence-corrected chi connectivity index (χ4v) is 3.72. The van der Waals surface area contributed by atoms with Crippen LogP contribution in [0, 0.1) is 12.8 Å². The van der Waals surface area contributed by atoms with Crippen molar-refractivity contribution in [3.05, 3.63) is 29.3 Å². The van der Waals surface area contributed by atoms with Gasteiger partial charge >= 0.3 is 0 Å². The number of nitrogens with zero attached hydrogens (tertiary/aromatic N) is 3. The topological polar surface area (TPSA) is 18.8 Å². The molecule has 1 aromatic carbocycles. The number of aliphatic imine (C=N–C) groups is 1. The van der Waals surface area contributed by atoms with E-state index in [1.807, 2.05) is 0 Å². The first-order valence-electron chi connectivity index (χ1n) is 9.18. The number of anilines is 1. The van der Waals surface area contributed by atoms with Crippen molar-refractivity contribution in [1.29, 1.82) is 0 Å². The molecular formula is C20H31N3. The Kier molecular flexibility index (Phi) is 5.05. The van der Waals surface area contributed by atoms with Crippen molar-refractivity contribution in [2.45, 2.75) is 46.6 Å². The second-order valence-electron chi connectivity index (χ2n) is 7.55. The molecule has 1 saturated heterocycles. The fourth-order valence-electron chi connectivity index (χ4n) is 3.72. The second-order valence-corrected chi connectivity index (χ2v) is 7.55. The van der Waals surface area contributed by atoms with Crippen LogP contribution in [-0.2, 0) is 0 Å². The monoisotopic (exact) mass is 313 g/mol. The summed E-state index contributed by atoms with van der Waals surface area (Å²) in [4.78, 5) is 9.90. The number of rotatable bonds is 3. The van der Waals surface area contributed by atoms with Crippen LogP contribution in [0.1, 0.15) is 44.7 Å². The lowest BCUT2D eigenvalue weighted by Gasteiger charge is -2.38. The van der Waals surface area contributed by atoms with Gasteiger partial charge in [-0.2, -0.15) is 0 Å². The molecule has 0 amide bonds. The summed E-state index contributed by atoms with van der Waals surface area (Å²) in [5.74, 6) is 0.747. The Labute approximate surface area is 141 Å². The summed E-state index contributed by atoms with van der Waals surface area (Å²) in [6.07, 6.45) is 2.41. The summed E-state index contributed by atoms with van der Waals surface area (Å²) in [5, 5.41) is 0. The van der Waals surface area contributed by atoms with Gasteiger partial charge in [0.15, 0.2) is 0 Å². The Morgan fingerprint density at radius 2 is 1.87 bits per heavy atom. The third kappa shape index (κ3) is 3.77. The first-order valence-corrected chi connectivity index (χ1v) is 9.18. The Hall–Kier alpha value is -1.35. The van der Waals surface area contributed by atoms with E-state index in [0.717, 1.165) is 32.0 Å². The molecule has 0 radical (unpaired) electrons. The molecule has 126 valence electrons. The minimum absolute atomic E-state index is 0.660. The van der Waals surface area contributed by atoms with Gasteiger partial charge < -0.3 is 4.90 Å². The SMILES string of the molecule is Cc1cc(C2=NC[C@@H](C)CC2)ccc1N1CCN(C(C)C)CC1. The van der Waals surface area contributed by atoms with Crippen LogP contribution in [0.2, 0.25) is 0 Å². The van der Waals surface area contributed by atoms with Crippen LogP contribution < -0.4 is 4.90 Å². The third-order valence-corrected chi connectivity index (χ3v) is 5.38. The number of aryl methyl sites for hydroxylation is 1. The first-order chi connectivity index (χ1) is 11.0. The Balaban J connectivity index is 1.71. The van der Waals surface area contributed by atoms with Gasteiger partial charge in [0.05, 0.1) is 0 Å². The molecule has 3 rings (SSSR count). The summed E-state index contributed by atoms with van der Waals surface area (Å²) in [6, 6.07) is 7.61. The minimum atomic E-state index is 0.660. The quantitative estimate of drug-likeness (QED) is 0.846. The lowest BCUT2D eigenvalue weighted by Crippen LogP contribution is -2.49. The number of piperazine rings is 1. The van der Waals surface area contributed by atoms with Gasteiger partial charge in [0, 0.05) is 50.2 Å². The third-order valence-electron chi connectivity index (χ3n) is 5.38. The average Bonchev–Trinajstić information content (AvgIpc) is 2.55. The summed E-state index contributed by atoms with van der Waals surface area (Å²) < 4.78 is 0. The summed E-state index contributed by atoms with van der Waals surface area (Å²) in [6.45, 7) is 14.7. The molecule has 1 atom stereocenters. The van der Waals surface area contributed by atoms with E-state index in [2.05, 4.69) is 55.7 Å². The van der Waals surface area contributed by atoms with E-state index < -0.39 is 0 Å². The number of hydrogen-bond donors (Lipinski definition) is 0. The fraction of sp³-hybridized carbons (Fsp3) is 0.650. The molecule has 0 unspecified atom stereocenters. The highest BCUT2D eigenvalue weighted by Gasteiger charge is 2.20. The molecule has 2 heterocycles. The van der Waals surface area contributed by atoms with E-state index in [1.165, 1.54) is 42.0 Å². The maximum Gasteiger partial charge on any atom is 0.0420 e. The van der Waals surface area contributed by atoms with E-state index >= 15 is 0 Å². The van der Waals surface area contributed by atoms with E-state index in [0.29, 0.717) is 6.04 Å². The highest BCUT2D eigenvalue weighted by atomic mass is 15.3. The second kappa shape index (κ2) is 7.04. The maximum absolute atomic E-state index is 4.79. The normalized spacial score (nSPS) is 23.3. The summed E-state index contributed by atoms with van der Waals surface area (Å²) in [7, 11) is 0. The van der Waals surface area contributed by atoms with Gasteiger partial charge in [-0.3, -0.25) is 9.89 Å². The molecule has 2 aliphatic heterocycles. The largest absolute Gasteiger partial charge is 0.369 e. The van der Waals surface area contributed by atoms with Crippen molar-refractivity contribution in [1.82, 2.24) is 4.90 Å². The average molecular weight is 313 g/mol. The van der Waals surface area contributed by atoms with Gasteiger partial charge in [-0.1, -0.05) is 13.0 Å². The minimum Gasteiger partial charge on any atom is -0.369 e. The molecule has 0 N–H and O–H groups in total. The molecule has 0 aromatic heterocycles. The van der Waals surface area contributed by atoms with Crippen LogP contribution in [0.15, 0.2) is 23.2 Å². The molecule has 23 heavy (non-hydrogen) atoms. The molecule has 0 bridgehead atoms. The van der Waals surface area contributed by atoms with Crippen molar-refractivity contribution >= 4 is 11.4 Å². The van der Waals surface area contributed by atoms with E-state index in [9.17, 15) is 0 Å². The van der Waals surface area contributed by atoms with Crippen LogP contribution in [0.3, 0.4) is 0 Å². The van der Waals surface area contributed by atoms with Crippen molar-refractivity contribution in [2.75, 3.05) is 37.6 Å². The van der Waals surface area contributed by atoms with Gasteiger partial charge in [0.1, 0.15) is 0 Å². The van der Waals surface area contributed by atoms with Crippen LogP contribution >= 0.6 is 0 Å². The molecule has 2 aliphatic rings. The molecule has 3 heteroatoms. The summed E-state index contributed by atoms with van der Waals surface area (Å²) in [5.41, 5.74) is 5.44. The number of benzene rings is 1. The lowest BCUT2D eigenvalue weighted by molar-refractivity contribution is 0.209. The Morgan fingerprint density at radius 1 is 1.13 bits per heavy atom. The molecule has 0 saturated carbocycles. The molecule has 0 aliphatic carbocycles. The molecular weight excluding hydrogens is 282 g/mol. The van der Waals surface area contributed by atoms with Crippen molar-refractivity contribution in [3.8, 4) is 0 Å². The highest BCUT2D eigenvalue weighted by Crippen LogP contribution is 2.25. The van der Waals surface area contributed by atoms with Crippen molar-refractivity contribution in [2.24, 2.45) is 10.9 Å². The van der Waals surface area contributed by atoms with Crippen LogP contribution in [0.4, 0.5) is 5.69 Å². The predicted octanol–water partition coefficient (Wildman–Crippen LogP) is 3.74. The van der Waals surface area contributed by atoms with Crippen molar-refractivity contribution < 1.29 is 0 Å². The molecule has 3 nitrogen and oxygen atoms in total. The zero-order valence-corrected chi connectivity index (χ0v) is 15.2. The van der Waals surface area contributed by atoms with E-state index in [1.54, 1.807) is 0 Å². The van der Waals surface area contributed by atoms with Gasteiger partial charge in [0.25, 0.3) is 0 Å². The van der Waals surface area contributed by atoms with Gasteiger partial charge in [-0.15, -0.1) is 0 Å². The van der Waals surface area contributed by atoms with Crippen LogP contribution in [0.25, 0.3) is 0 Å². The molecule has 0 spiro atoms. The van der Waals surface area contributed by atoms with Crippen LogP contribution in [0.5, 0.6) is 0 Å². The van der Waals surface area contributed by atoms with Crippen molar-refractivity contribution in [3.63, 3.8) is 0 Å². The molecule has 1 aromatic rings. The Bertz CT molecular complexity index is 568. The van der Waals surface area contributed by atoms with E-state index in [-0.39, 0.29) is 0 Å². The summed E-state index contributed by atoms with van der Waals surface area (Å²) >= 11 is 0. The van der Waals surface area contributed by atoms with Gasteiger partial charge in [-0.05, 0) is 62.8 Å². The highest BCUT2D eigenvalue weighted by molar-refractivity contribution is 6.01. The van der Waals surface area contributed by atoms with Gasteiger partial charge in [-0.25, -0.2) is 0 Å². The standard InChI is InChI=1S/C20H31N3/c1-15(2)22-9-11-23(12-10-22)20-8-6-18(13-17(20)4)19-7-5-16(3)14-21-19/h6,8,13,15-16H,5,7,9-12,14H2,1-4H3/t16-/m0/s1. The zero-order valence-electron chi connectivity index (χ0n) is 15.2. The molecule has 1 fully saturated rings. The van der Waals surface area contributed by atoms with Gasteiger partial charge in [0.2, 0.25) is 0 Å². The predicted molar refractivity (Wildman–Crippen MR) is 99.9 cm³/mol. The Morgan fingerprint density at radius 3 is 2.43 bits per heavy atom. The van der Waals surface area contributed by atoms with E-state index in [4.69, 9.17) is 4.99 Å². The zero-order chi connectivity index (χ0) is 16.4. The smallest absolute Gasteiger partial charge is 0.0420 e. The number of hydrogen-bond acceptors (Lipinski definition) is 3. The van der Waals surface area contributed by atoms with Crippen LogP contribution in [-0.4, -0.2) is 49.4 Å². The maximum atomic E-state index is 4.79. The first kappa shape index (κ1) is 16.5.